The van der Waals surface area contributed by atoms with E-state index in [0.717, 1.165) is 33.6 Å². The first-order valence-corrected chi connectivity index (χ1v) is 6.96. The number of hydrogen-bond donors (Lipinski definition) is 1. The molecule has 0 aliphatic rings. The number of halogens is 1. The molecule has 3 heteroatoms. The summed E-state index contributed by atoms with van der Waals surface area (Å²) in [7, 11) is 0. The van der Waals surface area contributed by atoms with Gasteiger partial charge in [-0.3, -0.25) is 4.98 Å². The third-order valence-electron chi connectivity index (χ3n) is 3.34. The molecule has 20 heavy (non-hydrogen) atoms. The molecule has 0 aliphatic heterocycles. The lowest BCUT2D eigenvalue weighted by atomic mass is 10.0. The number of benzene rings is 2. The van der Waals surface area contributed by atoms with Crippen molar-refractivity contribution in [1.29, 1.82) is 0 Å². The number of aromatic nitrogens is 1. The molecule has 1 heterocycles. The second-order valence-electron chi connectivity index (χ2n) is 4.87. The van der Waals surface area contributed by atoms with Gasteiger partial charge in [0.25, 0.3) is 0 Å². The van der Waals surface area contributed by atoms with Crippen LogP contribution in [0.5, 0.6) is 0 Å². The first-order chi connectivity index (χ1) is 9.72. The summed E-state index contributed by atoms with van der Waals surface area (Å²) in [5.41, 5.74) is 9.27. The number of nitrogens with two attached hydrogens (primary N) is 1. The van der Waals surface area contributed by atoms with E-state index in [1.807, 2.05) is 48.5 Å². The minimum absolute atomic E-state index is 0.127. The predicted molar refractivity (Wildman–Crippen MR) is 83.8 cm³/mol. The topological polar surface area (TPSA) is 38.9 Å². The highest BCUT2D eigenvalue weighted by atomic mass is 35.5. The first kappa shape index (κ1) is 13.1. The molecule has 0 saturated heterocycles. The SMILES string of the molecule is NC(Cc1cccc(Cl)c1)c1ccc2ccccc2n1. The molecular weight excluding hydrogens is 268 g/mol. The Hall–Kier alpha value is -1.90. The molecule has 0 spiro atoms. The van der Waals surface area contributed by atoms with E-state index in [4.69, 9.17) is 17.3 Å². The van der Waals surface area contributed by atoms with E-state index in [1.165, 1.54) is 0 Å². The van der Waals surface area contributed by atoms with Gasteiger partial charge in [0.15, 0.2) is 0 Å². The van der Waals surface area contributed by atoms with E-state index in [0.29, 0.717) is 0 Å². The van der Waals surface area contributed by atoms with Gasteiger partial charge >= 0.3 is 0 Å². The van der Waals surface area contributed by atoms with Crippen LogP contribution in [0.25, 0.3) is 10.9 Å². The summed E-state index contributed by atoms with van der Waals surface area (Å²) in [6.45, 7) is 0. The average molecular weight is 283 g/mol. The Bertz CT molecular complexity index is 740. The largest absolute Gasteiger partial charge is 0.322 e. The number of rotatable bonds is 3. The Kier molecular flexibility index (Phi) is 3.68. The van der Waals surface area contributed by atoms with E-state index in [1.54, 1.807) is 0 Å². The van der Waals surface area contributed by atoms with Gasteiger partial charge in [0.2, 0.25) is 0 Å². The zero-order chi connectivity index (χ0) is 13.9. The first-order valence-electron chi connectivity index (χ1n) is 6.58. The maximum absolute atomic E-state index is 6.26. The number of para-hydroxylation sites is 1. The molecule has 0 fully saturated rings. The van der Waals surface area contributed by atoms with Crippen molar-refractivity contribution in [3.8, 4) is 0 Å². The molecule has 3 aromatic rings. The quantitative estimate of drug-likeness (QED) is 0.784. The smallest absolute Gasteiger partial charge is 0.0706 e. The summed E-state index contributed by atoms with van der Waals surface area (Å²) in [6.07, 6.45) is 0.728. The number of nitrogens with zero attached hydrogens (tertiary/aromatic N) is 1. The van der Waals surface area contributed by atoms with Crippen LogP contribution in [0.1, 0.15) is 17.3 Å². The monoisotopic (exact) mass is 282 g/mol. The van der Waals surface area contributed by atoms with Gasteiger partial charge in [0.05, 0.1) is 17.3 Å². The standard InChI is InChI=1S/C17H15ClN2/c18-14-6-3-4-12(10-14)11-15(19)17-9-8-13-5-1-2-7-16(13)20-17/h1-10,15H,11,19H2. The zero-order valence-electron chi connectivity index (χ0n) is 11.0. The molecule has 100 valence electrons. The van der Waals surface area contributed by atoms with Gasteiger partial charge in [-0.05, 0) is 36.2 Å². The Morgan fingerprint density at radius 1 is 1.00 bits per heavy atom. The number of fused-ring (bicyclic) bond motifs is 1. The molecule has 1 atom stereocenters. The van der Waals surface area contributed by atoms with Crippen LogP contribution in [0.15, 0.2) is 60.7 Å². The Labute approximate surface area is 123 Å². The summed E-state index contributed by atoms with van der Waals surface area (Å²) in [6, 6.07) is 19.8. The van der Waals surface area contributed by atoms with Crippen molar-refractivity contribution in [1.82, 2.24) is 4.98 Å². The maximum Gasteiger partial charge on any atom is 0.0706 e. The minimum atomic E-state index is -0.127. The fourth-order valence-electron chi connectivity index (χ4n) is 2.31. The van der Waals surface area contributed by atoms with Crippen LogP contribution in [0, 0.1) is 0 Å². The lowest BCUT2D eigenvalue weighted by Crippen LogP contribution is -2.14. The summed E-state index contributed by atoms with van der Waals surface area (Å²) in [4.78, 5) is 4.64. The number of hydrogen-bond acceptors (Lipinski definition) is 2. The van der Waals surface area contributed by atoms with Crippen molar-refractivity contribution < 1.29 is 0 Å². The lowest BCUT2D eigenvalue weighted by molar-refractivity contribution is 0.700. The number of pyridine rings is 1. The molecule has 1 unspecified atom stereocenters. The molecule has 0 amide bonds. The molecule has 0 saturated carbocycles. The lowest BCUT2D eigenvalue weighted by Gasteiger charge is -2.12. The van der Waals surface area contributed by atoms with E-state index < -0.39 is 0 Å². The van der Waals surface area contributed by atoms with Crippen LogP contribution in [0.3, 0.4) is 0 Å². The Morgan fingerprint density at radius 2 is 1.85 bits per heavy atom. The van der Waals surface area contributed by atoms with Crippen molar-refractivity contribution in [3.05, 3.63) is 76.9 Å². The average Bonchev–Trinajstić information content (AvgIpc) is 2.47. The zero-order valence-corrected chi connectivity index (χ0v) is 11.7. The molecule has 1 aromatic heterocycles. The van der Waals surface area contributed by atoms with Gasteiger partial charge in [-0.15, -0.1) is 0 Å². The predicted octanol–water partition coefficient (Wildman–Crippen LogP) is 4.13. The molecule has 2 aromatic carbocycles. The second kappa shape index (κ2) is 5.61. The third-order valence-corrected chi connectivity index (χ3v) is 3.58. The molecule has 0 bridgehead atoms. The summed E-state index contributed by atoms with van der Waals surface area (Å²) in [5, 5.41) is 1.87. The van der Waals surface area contributed by atoms with Gasteiger partial charge in [0.1, 0.15) is 0 Å². The highest BCUT2D eigenvalue weighted by Crippen LogP contribution is 2.20. The van der Waals surface area contributed by atoms with Crippen LogP contribution >= 0.6 is 11.6 Å². The fourth-order valence-corrected chi connectivity index (χ4v) is 2.52. The van der Waals surface area contributed by atoms with Crippen LogP contribution < -0.4 is 5.73 Å². The van der Waals surface area contributed by atoms with Crippen molar-refractivity contribution >= 4 is 22.5 Å². The molecule has 0 radical (unpaired) electrons. The fraction of sp³-hybridized carbons (Fsp3) is 0.118. The van der Waals surface area contributed by atoms with Crippen molar-refractivity contribution in [3.63, 3.8) is 0 Å². The van der Waals surface area contributed by atoms with Gasteiger partial charge in [-0.25, -0.2) is 0 Å². The highest BCUT2D eigenvalue weighted by molar-refractivity contribution is 6.30. The summed E-state index contributed by atoms with van der Waals surface area (Å²) >= 11 is 6.00. The van der Waals surface area contributed by atoms with Crippen LogP contribution in [0.2, 0.25) is 5.02 Å². The summed E-state index contributed by atoms with van der Waals surface area (Å²) in [5.74, 6) is 0. The normalized spacial score (nSPS) is 12.5. The molecule has 3 rings (SSSR count). The highest BCUT2D eigenvalue weighted by Gasteiger charge is 2.09. The van der Waals surface area contributed by atoms with E-state index in [-0.39, 0.29) is 6.04 Å². The van der Waals surface area contributed by atoms with Gasteiger partial charge < -0.3 is 5.73 Å². The molecule has 0 aliphatic carbocycles. The van der Waals surface area contributed by atoms with Crippen LogP contribution in [0.4, 0.5) is 0 Å². The second-order valence-corrected chi connectivity index (χ2v) is 5.31. The molecule has 2 nitrogen and oxygen atoms in total. The summed E-state index contributed by atoms with van der Waals surface area (Å²) < 4.78 is 0. The van der Waals surface area contributed by atoms with Gasteiger partial charge in [-0.2, -0.15) is 0 Å². The molecular formula is C17H15ClN2. The van der Waals surface area contributed by atoms with Gasteiger partial charge in [0, 0.05) is 10.4 Å². The van der Waals surface area contributed by atoms with E-state index >= 15 is 0 Å². The van der Waals surface area contributed by atoms with E-state index in [2.05, 4.69) is 17.1 Å². The minimum Gasteiger partial charge on any atom is -0.322 e. The van der Waals surface area contributed by atoms with Crippen LogP contribution in [-0.4, -0.2) is 4.98 Å². The van der Waals surface area contributed by atoms with Gasteiger partial charge in [-0.1, -0.05) is 48.0 Å². The van der Waals surface area contributed by atoms with Crippen molar-refractivity contribution in [2.45, 2.75) is 12.5 Å². The van der Waals surface area contributed by atoms with Crippen molar-refractivity contribution in [2.75, 3.05) is 0 Å². The molecule has 2 N–H and O–H groups in total. The van der Waals surface area contributed by atoms with Crippen LogP contribution in [-0.2, 0) is 6.42 Å². The maximum atomic E-state index is 6.26. The van der Waals surface area contributed by atoms with Crippen molar-refractivity contribution in [2.24, 2.45) is 5.73 Å². The Balaban J connectivity index is 1.86. The van der Waals surface area contributed by atoms with E-state index in [9.17, 15) is 0 Å². The third kappa shape index (κ3) is 2.82. The Morgan fingerprint density at radius 3 is 2.70 bits per heavy atom.